The van der Waals surface area contributed by atoms with E-state index in [9.17, 15) is 9.18 Å². The Labute approximate surface area is 99.8 Å². The highest BCUT2D eigenvalue weighted by Gasteiger charge is 2.08. The van der Waals surface area contributed by atoms with Crippen LogP contribution in [0.25, 0.3) is 0 Å². The minimum Gasteiger partial charge on any atom is -0.356 e. The van der Waals surface area contributed by atoms with E-state index in [1.165, 1.54) is 12.1 Å². The second kappa shape index (κ2) is 5.85. The van der Waals surface area contributed by atoms with Crippen molar-refractivity contribution in [3.05, 3.63) is 34.6 Å². The summed E-state index contributed by atoms with van der Waals surface area (Å²) in [6, 6.07) is 4.33. The Bertz CT molecular complexity index is 379. The van der Waals surface area contributed by atoms with Crippen LogP contribution in [0, 0.1) is 11.7 Å². The number of hydrogen-bond donors (Lipinski definition) is 1. The summed E-state index contributed by atoms with van der Waals surface area (Å²) in [5, 5.41) is 3.07. The molecule has 0 atom stereocenters. The lowest BCUT2D eigenvalue weighted by Gasteiger charge is -2.08. The lowest BCUT2D eigenvalue weighted by atomic mass is 10.1. The summed E-state index contributed by atoms with van der Waals surface area (Å²) < 4.78 is 13.3. The first-order valence-corrected chi connectivity index (χ1v) is 5.57. The molecular formula is C12H15ClFNO. The van der Waals surface area contributed by atoms with Gasteiger partial charge in [-0.25, -0.2) is 4.39 Å². The van der Waals surface area contributed by atoms with Crippen LogP contribution in [-0.2, 0) is 11.2 Å². The lowest BCUT2D eigenvalue weighted by Crippen LogP contribution is -2.28. The zero-order chi connectivity index (χ0) is 12.1. The Morgan fingerprint density at radius 3 is 2.75 bits per heavy atom. The van der Waals surface area contributed by atoms with E-state index < -0.39 is 5.82 Å². The molecule has 0 unspecified atom stereocenters. The minimum atomic E-state index is -0.438. The fourth-order valence-corrected chi connectivity index (χ4v) is 1.38. The number of carbonyl (C=O) groups excluding carboxylic acids is 1. The Balaban J connectivity index is 2.56. The maximum Gasteiger partial charge on any atom is 0.224 e. The van der Waals surface area contributed by atoms with E-state index in [-0.39, 0.29) is 12.3 Å². The number of rotatable bonds is 4. The smallest absolute Gasteiger partial charge is 0.224 e. The van der Waals surface area contributed by atoms with Crippen LogP contribution in [0.15, 0.2) is 18.2 Å². The summed E-state index contributed by atoms with van der Waals surface area (Å²) in [6.07, 6.45) is 0.0513. The van der Waals surface area contributed by atoms with Crippen molar-refractivity contribution in [3.63, 3.8) is 0 Å². The molecule has 0 heterocycles. The first-order valence-electron chi connectivity index (χ1n) is 5.19. The molecular weight excluding hydrogens is 229 g/mol. The van der Waals surface area contributed by atoms with Crippen LogP contribution in [0.2, 0.25) is 5.02 Å². The van der Waals surface area contributed by atoms with Gasteiger partial charge in [-0.1, -0.05) is 31.5 Å². The fraction of sp³-hybridized carbons (Fsp3) is 0.417. The second-order valence-electron chi connectivity index (χ2n) is 4.11. The van der Waals surface area contributed by atoms with Crippen molar-refractivity contribution in [2.24, 2.45) is 5.92 Å². The highest BCUT2D eigenvalue weighted by Crippen LogP contribution is 2.14. The molecule has 0 aliphatic rings. The Morgan fingerprint density at radius 2 is 2.19 bits per heavy atom. The van der Waals surface area contributed by atoms with Gasteiger partial charge in [0.05, 0.1) is 6.42 Å². The second-order valence-corrected chi connectivity index (χ2v) is 4.55. The Kier molecular flexibility index (Phi) is 4.74. The van der Waals surface area contributed by atoms with Crippen LogP contribution in [0.5, 0.6) is 0 Å². The quantitative estimate of drug-likeness (QED) is 0.866. The third kappa shape index (κ3) is 4.19. The van der Waals surface area contributed by atoms with Crippen molar-refractivity contribution < 1.29 is 9.18 Å². The normalized spacial score (nSPS) is 10.6. The average molecular weight is 244 g/mol. The SMILES string of the molecule is CC(C)CNC(=O)Cc1ccc(Cl)cc1F. The molecule has 1 aromatic rings. The van der Waals surface area contributed by atoms with Crippen LogP contribution in [0.1, 0.15) is 19.4 Å². The number of halogens is 2. The van der Waals surface area contributed by atoms with Crippen molar-refractivity contribution >= 4 is 17.5 Å². The maximum absolute atomic E-state index is 13.3. The van der Waals surface area contributed by atoms with Crippen molar-refractivity contribution in [1.29, 1.82) is 0 Å². The Morgan fingerprint density at radius 1 is 1.50 bits per heavy atom. The van der Waals surface area contributed by atoms with E-state index in [2.05, 4.69) is 5.32 Å². The lowest BCUT2D eigenvalue weighted by molar-refractivity contribution is -0.120. The highest BCUT2D eigenvalue weighted by molar-refractivity contribution is 6.30. The van der Waals surface area contributed by atoms with Gasteiger partial charge in [0.25, 0.3) is 0 Å². The van der Waals surface area contributed by atoms with Crippen molar-refractivity contribution in [1.82, 2.24) is 5.32 Å². The number of carbonyl (C=O) groups is 1. The van der Waals surface area contributed by atoms with E-state index in [0.717, 1.165) is 0 Å². The summed E-state index contributed by atoms with van der Waals surface area (Å²) in [6.45, 7) is 4.61. The van der Waals surface area contributed by atoms with E-state index in [1.807, 2.05) is 13.8 Å². The zero-order valence-electron chi connectivity index (χ0n) is 9.39. The molecule has 16 heavy (non-hydrogen) atoms. The third-order valence-electron chi connectivity index (χ3n) is 2.07. The number of benzene rings is 1. The molecule has 0 spiro atoms. The molecule has 0 radical (unpaired) electrons. The topological polar surface area (TPSA) is 29.1 Å². The van der Waals surface area contributed by atoms with Crippen LogP contribution in [-0.4, -0.2) is 12.5 Å². The standard InChI is InChI=1S/C12H15ClFNO/c1-8(2)7-15-12(16)5-9-3-4-10(13)6-11(9)14/h3-4,6,8H,5,7H2,1-2H3,(H,15,16). The van der Waals surface area contributed by atoms with Gasteiger partial charge in [-0.15, -0.1) is 0 Å². The molecule has 0 aromatic heterocycles. The molecule has 1 amide bonds. The van der Waals surface area contributed by atoms with Gasteiger partial charge in [-0.05, 0) is 23.6 Å². The number of amides is 1. The van der Waals surface area contributed by atoms with Crippen LogP contribution in [0.4, 0.5) is 4.39 Å². The minimum absolute atomic E-state index is 0.0513. The van der Waals surface area contributed by atoms with Crippen molar-refractivity contribution in [3.8, 4) is 0 Å². The van der Waals surface area contributed by atoms with Gasteiger partial charge in [-0.3, -0.25) is 4.79 Å². The first kappa shape index (κ1) is 13.0. The van der Waals surface area contributed by atoms with Crippen LogP contribution < -0.4 is 5.32 Å². The molecule has 0 aliphatic heterocycles. The molecule has 1 N–H and O–H groups in total. The summed E-state index contributed by atoms with van der Waals surface area (Å²) in [7, 11) is 0. The van der Waals surface area contributed by atoms with E-state index in [0.29, 0.717) is 23.0 Å². The molecule has 2 nitrogen and oxygen atoms in total. The highest BCUT2D eigenvalue weighted by atomic mass is 35.5. The molecule has 88 valence electrons. The number of hydrogen-bond acceptors (Lipinski definition) is 1. The molecule has 1 aromatic carbocycles. The monoisotopic (exact) mass is 243 g/mol. The van der Waals surface area contributed by atoms with Crippen molar-refractivity contribution in [2.45, 2.75) is 20.3 Å². The number of nitrogens with one attached hydrogen (secondary N) is 1. The van der Waals surface area contributed by atoms with Crippen LogP contribution in [0.3, 0.4) is 0 Å². The molecule has 0 saturated heterocycles. The predicted octanol–water partition coefficient (Wildman–Crippen LogP) is 2.79. The van der Waals surface area contributed by atoms with Gasteiger partial charge in [-0.2, -0.15) is 0 Å². The van der Waals surface area contributed by atoms with E-state index in [4.69, 9.17) is 11.6 Å². The van der Waals surface area contributed by atoms with Gasteiger partial charge in [0.1, 0.15) is 5.82 Å². The van der Waals surface area contributed by atoms with Crippen molar-refractivity contribution in [2.75, 3.05) is 6.54 Å². The molecule has 0 fully saturated rings. The summed E-state index contributed by atoms with van der Waals surface area (Å²) in [5.74, 6) is -0.221. The summed E-state index contributed by atoms with van der Waals surface area (Å²) >= 11 is 5.62. The summed E-state index contributed by atoms with van der Waals surface area (Å²) in [4.78, 5) is 11.4. The molecule has 0 saturated carbocycles. The zero-order valence-corrected chi connectivity index (χ0v) is 10.1. The molecule has 1 rings (SSSR count). The largest absolute Gasteiger partial charge is 0.356 e. The first-order chi connectivity index (χ1) is 7.49. The Hall–Kier alpha value is -1.09. The van der Waals surface area contributed by atoms with Crippen LogP contribution >= 0.6 is 11.6 Å². The van der Waals surface area contributed by atoms with Gasteiger partial charge in [0, 0.05) is 11.6 Å². The van der Waals surface area contributed by atoms with Gasteiger partial charge >= 0.3 is 0 Å². The third-order valence-corrected chi connectivity index (χ3v) is 2.31. The van der Waals surface area contributed by atoms with Gasteiger partial charge < -0.3 is 5.32 Å². The van der Waals surface area contributed by atoms with Gasteiger partial charge in [0.15, 0.2) is 0 Å². The maximum atomic E-state index is 13.3. The van der Waals surface area contributed by atoms with E-state index >= 15 is 0 Å². The average Bonchev–Trinajstić information content (AvgIpc) is 2.19. The fourth-order valence-electron chi connectivity index (χ4n) is 1.22. The molecule has 4 heteroatoms. The molecule has 0 aliphatic carbocycles. The summed E-state index contributed by atoms with van der Waals surface area (Å²) in [5.41, 5.74) is 0.366. The predicted molar refractivity (Wildman–Crippen MR) is 63.0 cm³/mol. The van der Waals surface area contributed by atoms with E-state index in [1.54, 1.807) is 6.07 Å². The molecule has 0 bridgehead atoms. The van der Waals surface area contributed by atoms with Gasteiger partial charge in [0.2, 0.25) is 5.91 Å².